The quantitative estimate of drug-likeness (QED) is 0.248. The molecule has 1 aromatic carbocycles. The third-order valence-corrected chi connectivity index (χ3v) is 5.71. The number of aromatic nitrogens is 1. The molecule has 0 fully saturated rings. The molecule has 0 N–H and O–H groups in total. The van der Waals surface area contributed by atoms with E-state index in [2.05, 4.69) is 11.6 Å². The van der Waals surface area contributed by atoms with Gasteiger partial charge in [-0.05, 0) is 31.2 Å². The van der Waals surface area contributed by atoms with E-state index in [1.54, 1.807) is 12.1 Å². The molecular weight excluding hydrogens is 398 g/mol. The van der Waals surface area contributed by atoms with Crippen LogP contribution in [0, 0.1) is 10.1 Å². The van der Waals surface area contributed by atoms with Crippen molar-refractivity contribution in [2.45, 2.75) is 13.5 Å². The van der Waals surface area contributed by atoms with Crippen molar-refractivity contribution in [3.63, 3.8) is 0 Å². The van der Waals surface area contributed by atoms with Crippen LogP contribution in [0.1, 0.15) is 11.8 Å². The molecule has 0 saturated heterocycles. The summed E-state index contributed by atoms with van der Waals surface area (Å²) in [5, 5.41) is 10.8. The number of para-hydroxylation sites is 1. The smallest absolute Gasteiger partial charge is 0.324 e. The molecule has 0 aliphatic rings. The minimum absolute atomic E-state index is 0.0285. The third kappa shape index (κ3) is 4.26. The van der Waals surface area contributed by atoms with E-state index in [4.69, 9.17) is 4.74 Å². The molecule has 0 saturated carbocycles. The lowest BCUT2D eigenvalue weighted by molar-refractivity contribution is -0.380. The zero-order valence-electron chi connectivity index (χ0n) is 15.0. The molecular formula is C19H17N3O4S2. The fraction of sp³-hybridized carbons (Fsp3) is 0.158. The lowest BCUT2D eigenvalue weighted by Gasteiger charge is -2.07. The van der Waals surface area contributed by atoms with Crippen LogP contribution in [0.3, 0.4) is 0 Å². The van der Waals surface area contributed by atoms with Crippen LogP contribution in [0.4, 0.5) is 5.00 Å². The molecule has 0 aliphatic carbocycles. The van der Waals surface area contributed by atoms with E-state index >= 15 is 0 Å². The Morgan fingerprint density at radius 2 is 2.18 bits per heavy atom. The van der Waals surface area contributed by atoms with E-state index in [1.807, 2.05) is 29.7 Å². The molecule has 28 heavy (non-hydrogen) atoms. The Kier molecular flexibility index (Phi) is 6.17. The number of nitrogens with zero attached hydrogens (tertiary/aromatic N) is 3. The lowest BCUT2D eigenvalue weighted by atomic mass is 10.3. The van der Waals surface area contributed by atoms with Crippen LogP contribution < -0.4 is 9.54 Å². The van der Waals surface area contributed by atoms with Gasteiger partial charge in [0.25, 0.3) is 5.91 Å². The van der Waals surface area contributed by atoms with Crippen LogP contribution in [0.25, 0.3) is 16.3 Å². The number of hydrogen-bond donors (Lipinski definition) is 0. The molecule has 9 heteroatoms. The zero-order chi connectivity index (χ0) is 20.1. The number of allylic oxidation sites excluding steroid dienone is 1. The predicted molar refractivity (Wildman–Crippen MR) is 112 cm³/mol. The number of thiazole rings is 1. The molecule has 0 bridgehead atoms. The van der Waals surface area contributed by atoms with Gasteiger partial charge in [0.1, 0.15) is 11.3 Å². The molecule has 3 rings (SSSR count). The lowest BCUT2D eigenvalue weighted by Crippen LogP contribution is -2.16. The van der Waals surface area contributed by atoms with Crippen LogP contribution in [-0.2, 0) is 11.3 Å². The maximum atomic E-state index is 12.3. The fourth-order valence-electron chi connectivity index (χ4n) is 2.57. The summed E-state index contributed by atoms with van der Waals surface area (Å²) in [5.41, 5.74) is 0.874. The van der Waals surface area contributed by atoms with E-state index in [-0.39, 0.29) is 5.00 Å². The average Bonchev–Trinajstić information content (AvgIpc) is 3.27. The van der Waals surface area contributed by atoms with Gasteiger partial charge in [0.05, 0.1) is 16.2 Å². The number of rotatable bonds is 7. The second kappa shape index (κ2) is 8.77. The van der Waals surface area contributed by atoms with Gasteiger partial charge >= 0.3 is 5.00 Å². The van der Waals surface area contributed by atoms with Gasteiger partial charge in [-0.15, -0.1) is 6.58 Å². The predicted octanol–water partition coefficient (Wildman–Crippen LogP) is 4.40. The number of hydrogen-bond acceptors (Lipinski definition) is 6. The first-order valence-corrected chi connectivity index (χ1v) is 10.0. The Labute approximate surface area is 168 Å². The van der Waals surface area contributed by atoms with E-state index < -0.39 is 10.8 Å². The second-order valence-electron chi connectivity index (χ2n) is 5.54. The van der Waals surface area contributed by atoms with Crippen LogP contribution in [-0.4, -0.2) is 22.0 Å². The number of amides is 1. The molecule has 0 unspecified atom stereocenters. The fourth-order valence-corrected chi connectivity index (χ4v) is 4.35. The van der Waals surface area contributed by atoms with Crippen molar-refractivity contribution >= 4 is 49.9 Å². The monoisotopic (exact) mass is 415 g/mol. The van der Waals surface area contributed by atoms with Gasteiger partial charge in [0.2, 0.25) is 0 Å². The molecule has 0 radical (unpaired) electrons. The maximum absolute atomic E-state index is 12.3. The standard InChI is InChI=1S/C19H17N3O4S2/c1-3-12-21-18-14(26-4-2)6-5-7-15(18)28-19(21)20-16(23)10-8-13-9-11-17(27-13)22(24)25/h3,5-11H,1,4,12H2,2H3. The molecule has 2 heterocycles. The van der Waals surface area contributed by atoms with Gasteiger partial charge < -0.3 is 9.30 Å². The van der Waals surface area contributed by atoms with E-state index in [9.17, 15) is 14.9 Å². The summed E-state index contributed by atoms with van der Waals surface area (Å²) in [7, 11) is 0. The normalized spacial score (nSPS) is 12.0. The summed E-state index contributed by atoms with van der Waals surface area (Å²) in [6, 6.07) is 8.74. The largest absolute Gasteiger partial charge is 0.492 e. The highest BCUT2D eigenvalue weighted by molar-refractivity contribution is 7.16. The average molecular weight is 415 g/mol. The van der Waals surface area contributed by atoms with Crippen LogP contribution in [0.5, 0.6) is 5.75 Å². The topological polar surface area (TPSA) is 86.7 Å². The van der Waals surface area contributed by atoms with Crippen molar-refractivity contribution < 1.29 is 14.5 Å². The van der Waals surface area contributed by atoms with E-state index in [0.717, 1.165) is 27.3 Å². The summed E-state index contributed by atoms with van der Waals surface area (Å²) in [4.78, 5) is 28.0. The molecule has 3 aromatic rings. The molecule has 0 spiro atoms. The van der Waals surface area contributed by atoms with E-state index in [0.29, 0.717) is 22.8 Å². The second-order valence-corrected chi connectivity index (χ2v) is 7.64. The van der Waals surface area contributed by atoms with Gasteiger partial charge in [-0.1, -0.05) is 34.8 Å². The van der Waals surface area contributed by atoms with Crippen LogP contribution >= 0.6 is 22.7 Å². The van der Waals surface area contributed by atoms with Gasteiger partial charge in [-0.3, -0.25) is 14.9 Å². The molecule has 1 amide bonds. The summed E-state index contributed by atoms with van der Waals surface area (Å²) < 4.78 is 8.55. The molecule has 2 aromatic heterocycles. The van der Waals surface area contributed by atoms with Gasteiger partial charge in [0, 0.05) is 23.6 Å². The highest BCUT2D eigenvalue weighted by Crippen LogP contribution is 2.28. The first kappa shape index (κ1) is 19.7. The van der Waals surface area contributed by atoms with Crippen molar-refractivity contribution in [2.75, 3.05) is 6.61 Å². The molecule has 144 valence electrons. The van der Waals surface area contributed by atoms with Crippen LogP contribution in [0.15, 0.2) is 54.1 Å². The van der Waals surface area contributed by atoms with Gasteiger partial charge in [-0.2, -0.15) is 4.99 Å². The van der Waals surface area contributed by atoms with Crippen molar-refractivity contribution in [2.24, 2.45) is 4.99 Å². The molecule has 0 aliphatic heterocycles. The molecule has 0 atom stereocenters. The Hall–Kier alpha value is -3.04. The number of carbonyl (C=O) groups excluding carboxylic acids is 1. The SMILES string of the molecule is C=CCn1c(=NC(=O)C=Cc2ccc([N+](=O)[O-])s2)sc2cccc(OCC)c21. The number of thiophene rings is 1. The Balaban J connectivity index is 1.97. The zero-order valence-corrected chi connectivity index (χ0v) is 16.7. The number of nitro groups is 1. The first-order chi connectivity index (χ1) is 13.5. The van der Waals surface area contributed by atoms with Crippen LogP contribution in [0.2, 0.25) is 0 Å². The van der Waals surface area contributed by atoms with Crippen molar-refractivity contribution in [3.05, 3.63) is 68.9 Å². The van der Waals surface area contributed by atoms with Crippen molar-refractivity contribution in [1.82, 2.24) is 4.57 Å². The minimum Gasteiger partial charge on any atom is -0.492 e. The Morgan fingerprint density at radius 1 is 1.36 bits per heavy atom. The van der Waals surface area contributed by atoms with E-state index in [1.165, 1.54) is 29.6 Å². The number of fused-ring (bicyclic) bond motifs is 1. The Bertz CT molecular complexity index is 1140. The maximum Gasteiger partial charge on any atom is 0.324 e. The molecule has 7 nitrogen and oxygen atoms in total. The van der Waals surface area contributed by atoms with Crippen molar-refractivity contribution in [3.8, 4) is 5.75 Å². The summed E-state index contributed by atoms with van der Waals surface area (Å²) in [6.07, 6.45) is 4.57. The van der Waals surface area contributed by atoms with Gasteiger partial charge in [0.15, 0.2) is 4.80 Å². The minimum atomic E-state index is -0.459. The summed E-state index contributed by atoms with van der Waals surface area (Å²) in [5.74, 6) is 0.284. The summed E-state index contributed by atoms with van der Waals surface area (Å²) >= 11 is 2.39. The highest BCUT2D eigenvalue weighted by atomic mass is 32.1. The third-order valence-electron chi connectivity index (χ3n) is 3.66. The Morgan fingerprint density at radius 3 is 2.86 bits per heavy atom. The number of benzene rings is 1. The van der Waals surface area contributed by atoms with Gasteiger partial charge in [-0.25, -0.2) is 0 Å². The summed E-state index contributed by atoms with van der Waals surface area (Å²) in [6.45, 7) is 6.71. The number of carbonyl (C=O) groups is 1. The first-order valence-electron chi connectivity index (χ1n) is 8.40. The van der Waals surface area contributed by atoms with Crippen molar-refractivity contribution in [1.29, 1.82) is 0 Å². The number of ether oxygens (including phenoxy) is 1. The highest BCUT2D eigenvalue weighted by Gasteiger charge is 2.12.